The Kier molecular flexibility index (Phi) is 6.23. The molecule has 8 heteroatoms. The van der Waals surface area contributed by atoms with Crippen molar-refractivity contribution in [1.29, 1.82) is 0 Å². The van der Waals surface area contributed by atoms with E-state index in [1.807, 2.05) is 6.92 Å². The molecule has 114 valence electrons. The average Bonchev–Trinajstić information content (AvgIpc) is 2.42. The van der Waals surface area contributed by atoms with Crippen LogP contribution in [0.2, 0.25) is 0 Å². The van der Waals surface area contributed by atoms with Crippen molar-refractivity contribution in [3.8, 4) is 0 Å². The second-order valence-electron chi connectivity index (χ2n) is 4.74. The molecule has 2 unspecified atom stereocenters. The molecule has 1 aliphatic heterocycles. The van der Waals surface area contributed by atoms with E-state index in [1.165, 1.54) is 4.90 Å². The van der Waals surface area contributed by atoms with Gasteiger partial charge in [0.15, 0.2) is 0 Å². The number of carbonyl (C=O) groups excluding carboxylic acids is 2. The van der Waals surface area contributed by atoms with Crippen LogP contribution in [-0.2, 0) is 14.3 Å². The minimum Gasteiger partial charge on any atom is -0.481 e. The summed E-state index contributed by atoms with van der Waals surface area (Å²) >= 11 is 0. The Hall–Kier alpha value is -1.83. The van der Waals surface area contributed by atoms with Gasteiger partial charge in [0.25, 0.3) is 0 Å². The summed E-state index contributed by atoms with van der Waals surface area (Å²) in [6.07, 6.45) is 0.647. The molecule has 3 amide bonds. The molecule has 0 aromatic heterocycles. The van der Waals surface area contributed by atoms with Gasteiger partial charge < -0.3 is 25.8 Å². The summed E-state index contributed by atoms with van der Waals surface area (Å²) in [5.41, 5.74) is 5.23. The molecule has 0 bridgehead atoms. The minimum absolute atomic E-state index is 0.000854. The molecule has 2 atom stereocenters. The van der Waals surface area contributed by atoms with Crippen LogP contribution in [0.1, 0.15) is 19.8 Å². The number of carboxylic acid groups (broad SMARTS) is 1. The number of hydrogen-bond donors (Lipinski definition) is 3. The van der Waals surface area contributed by atoms with E-state index in [4.69, 9.17) is 15.6 Å². The van der Waals surface area contributed by atoms with Crippen molar-refractivity contribution in [2.75, 3.05) is 26.3 Å². The van der Waals surface area contributed by atoms with Gasteiger partial charge in [-0.3, -0.25) is 9.59 Å². The van der Waals surface area contributed by atoms with Crippen molar-refractivity contribution in [3.05, 3.63) is 0 Å². The van der Waals surface area contributed by atoms with Crippen LogP contribution >= 0.6 is 0 Å². The first-order valence-corrected chi connectivity index (χ1v) is 6.59. The Morgan fingerprint density at radius 3 is 2.75 bits per heavy atom. The highest BCUT2D eigenvalue weighted by Crippen LogP contribution is 2.09. The summed E-state index contributed by atoms with van der Waals surface area (Å²) in [4.78, 5) is 35.3. The number of nitrogens with two attached hydrogens (primary N) is 1. The molecular weight excluding hydrogens is 266 g/mol. The smallest absolute Gasteiger partial charge is 0.318 e. The lowest BCUT2D eigenvalue weighted by molar-refractivity contribution is -0.138. The zero-order chi connectivity index (χ0) is 15.1. The zero-order valence-corrected chi connectivity index (χ0v) is 11.5. The van der Waals surface area contributed by atoms with E-state index in [-0.39, 0.29) is 32.0 Å². The van der Waals surface area contributed by atoms with E-state index in [0.717, 1.165) is 0 Å². The fourth-order valence-corrected chi connectivity index (χ4v) is 2.02. The molecule has 8 nitrogen and oxygen atoms in total. The molecule has 1 heterocycles. The van der Waals surface area contributed by atoms with Crippen LogP contribution in [0, 0.1) is 5.92 Å². The number of carbonyl (C=O) groups is 3. The van der Waals surface area contributed by atoms with Gasteiger partial charge in [-0.15, -0.1) is 0 Å². The van der Waals surface area contributed by atoms with Crippen molar-refractivity contribution in [1.82, 2.24) is 10.2 Å². The largest absolute Gasteiger partial charge is 0.481 e. The Bertz CT molecular complexity index is 374. The van der Waals surface area contributed by atoms with Crippen molar-refractivity contribution in [2.24, 2.45) is 11.7 Å². The minimum atomic E-state index is -0.896. The molecule has 1 aliphatic rings. The summed E-state index contributed by atoms with van der Waals surface area (Å²) in [6.45, 7) is 2.85. The highest BCUT2D eigenvalue weighted by molar-refractivity contribution is 5.86. The Labute approximate surface area is 117 Å². The van der Waals surface area contributed by atoms with Gasteiger partial charge in [0.2, 0.25) is 5.91 Å². The van der Waals surface area contributed by atoms with Gasteiger partial charge >= 0.3 is 12.0 Å². The SMILES string of the molecule is CCC(CNC(=O)N1CCOCC1C(N)=O)CC(=O)O. The predicted octanol–water partition coefficient (Wildman–Crippen LogP) is -0.617. The molecule has 0 aromatic rings. The number of primary amides is 1. The van der Waals surface area contributed by atoms with Crippen LogP contribution in [0.25, 0.3) is 0 Å². The van der Waals surface area contributed by atoms with E-state index in [0.29, 0.717) is 13.0 Å². The van der Waals surface area contributed by atoms with Crippen LogP contribution in [0.5, 0.6) is 0 Å². The van der Waals surface area contributed by atoms with Crippen molar-refractivity contribution in [2.45, 2.75) is 25.8 Å². The van der Waals surface area contributed by atoms with Crippen molar-refractivity contribution < 1.29 is 24.2 Å². The summed E-state index contributed by atoms with van der Waals surface area (Å²) in [6, 6.07) is -1.19. The molecular formula is C12H21N3O5. The van der Waals surface area contributed by atoms with Crippen LogP contribution < -0.4 is 11.1 Å². The number of rotatable bonds is 6. The van der Waals surface area contributed by atoms with Gasteiger partial charge in [-0.2, -0.15) is 0 Å². The normalized spacial score (nSPS) is 20.2. The Balaban J connectivity index is 2.51. The maximum Gasteiger partial charge on any atom is 0.318 e. The quantitative estimate of drug-likeness (QED) is 0.601. The molecule has 4 N–H and O–H groups in total. The van der Waals surface area contributed by atoms with Gasteiger partial charge in [-0.25, -0.2) is 4.79 Å². The summed E-state index contributed by atoms with van der Waals surface area (Å²) in [5.74, 6) is -1.64. The molecule has 0 aromatic carbocycles. The molecule has 20 heavy (non-hydrogen) atoms. The van der Waals surface area contributed by atoms with E-state index in [9.17, 15) is 14.4 Å². The highest BCUT2D eigenvalue weighted by atomic mass is 16.5. The number of nitrogens with one attached hydrogen (secondary N) is 1. The average molecular weight is 287 g/mol. The number of urea groups is 1. The molecule has 0 saturated carbocycles. The monoisotopic (exact) mass is 287 g/mol. The summed E-state index contributed by atoms with van der Waals surface area (Å²) in [7, 11) is 0. The fraction of sp³-hybridized carbons (Fsp3) is 0.750. The fourth-order valence-electron chi connectivity index (χ4n) is 2.02. The molecule has 0 radical (unpaired) electrons. The number of ether oxygens (including phenoxy) is 1. The molecule has 0 aliphatic carbocycles. The van der Waals surface area contributed by atoms with E-state index >= 15 is 0 Å². The number of aliphatic carboxylic acids is 1. The number of hydrogen-bond acceptors (Lipinski definition) is 4. The van der Waals surface area contributed by atoms with Gasteiger partial charge in [-0.1, -0.05) is 13.3 Å². The topological polar surface area (TPSA) is 122 Å². The first kappa shape index (κ1) is 16.2. The first-order chi connectivity index (χ1) is 9.45. The zero-order valence-electron chi connectivity index (χ0n) is 11.5. The molecule has 1 saturated heterocycles. The maximum absolute atomic E-state index is 12.0. The standard InChI is InChI=1S/C12H21N3O5/c1-2-8(5-10(16)17)6-14-12(19)15-3-4-20-7-9(15)11(13)18/h8-9H,2-7H2,1H3,(H2,13,18)(H,14,19)(H,16,17). The highest BCUT2D eigenvalue weighted by Gasteiger charge is 2.31. The lowest BCUT2D eigenvalue weighted by atomic mass is 10.0. The molecule has 0 spiro atoms. The second kappa shape index (κ2) is 7.68. The number of amides is 3. The third-order valence-corrected chi connectivity index (χ3v) is 3.30. The lowest BCUT2D eigenvalue weighted by Gasteiger charge is -2.33. The Morgan fingerprint density at radius 1 is 1.50 bits per heavy atom. The third-order valence-electron chi connectivity index (χ3n) is 3.30. The first-order valence-electron chi connectivity index (χ1n) is 6.59. The van der Waals surface area contributed by atoms with E-state index in [1.54, 1.807) is 0 Å². The second-order valence-corrected chi connectivity index (χ2v) is 4.74. The van der Waals surface area contributed by atoms with Gasteiger partial charge in [0.1, 0.15) is 6.04 Å². The van der Waals surface area contributed by atoms with Crippen LogP contribution in [0.4, 0.5) is 4.79 Å². The number of carboxylic acids is 1. The van der Waals surface area contributed by atoms with Gasteiger partial charge in [0.05, 0.1) is 13.2 Å². The van der Waals surface area contributed by atoms with Crippen LogP contribution in [0.3, 0.4) is 0 Å². The van der Waals surface area contributed by atoms with E-state index in [2.05, 4.69) is 5.32 Å². The van der Waals surface area contributed by atoms with Crippen LogP contribution in [-0.4, -0.2) is 60.3 Å². The van der Waals surface area contributed by atoms with Crippen LogP contribution in [0.15, 0.2) is 0 Å². The summed E-state index contributed by atoms with van der Waals surface area (Å²) < 4.78 is 5.12. The number of morpholine rings is 1. The van der Waals surface area contributed by atoms with Gasteiger partial charge in [0, 0.05) is 19.5 Å². The van der Waals surface area contributed by atoms with Crippen molar-refractivity contribution in [3.63, 3.8) is 0 Å². The predicted molar refractivity (Wildman–Crippen MR) is 69.9 cm³/mol. The Morgan fingerprint density at radius 2 is 2.20 bits per heavy atom. The van der Waals surface area contributed by atoms with Crippen molar-refractivity contribution >= 4 is 17.9 Å². The van der Waals surface area contributed by atoms with E-state index < -0.39 is 23.9 Å². The maximum atomic E-state index is 12.0. The molecule has 1 rings (SSSR count). The third kappa shape index (κ3) is 4.69. The number of nitrogens with zero attached hydrogens (tertiary/aromatic N) is 1. The molecule has 1 fully saturated rings. The van der Waals surface area contributed by atoms with Gasteiger partial charge in [-0.05, 0) is 5.92 Å². The lowest BCUT2D eigenvalue weighted by Crippen LogP contribution is -2.57. The summed E-state index contributed by atoms with van der Waals surface area (Å²) in [5, 5.41) is 11.4.